The zero-order valence-corrected chi connectivity index (χ0v) is 11.4. The first-order chi connectivity index (χ1) is 10.2. The molecule has 0 amide bonds. The fraction of sp³-hybridized carbons (Fsp3) is 0. The van der Waals surface area contributed by atoms with Crippen LogP contribution in [0.4, 0.5) is 5.69 Å². The molecule has 0 saturated carbocycles. The summed E-state index contributed by atoms with van der Waals surface area (Å²) < 4.78 is 0. The van der Waals surface area contributed by atoms with Gasteiger partial charge in [0, 0.05) is 6.07 Å². The molecule has 0 aliphatic carbocycles. The van der Waals surface area contributed by atoms with Gasteiger partial charge < -0.3 is 4.98 Å². The Hall–Kier alpha value is -2.85. The van der Waals surface area contributed by atoms with Gasteiger partial charge in [0.2, 0.25) is 0 Å². The number of fused-ring (bicyclic) bond motifs is 1. The Morgan fingerprint density at radius 3 is 2.81 bits per heavy atom. The third-order valence-corrected chi connectivity index (χ3v) is 3.81. The quantitative estimate of drug-likeness (QED) is 0.589. The lowest BCUT2D eigenvalue weighted by Crippen LogP contribution is -1.92. The number of imidazole rings is 1. The predicted octanol–water partition coefficient (Wildman–Crippen LogP) is 3.49. The highest BCUT2D eigenvalue weighted by Crippen LogP contribution is 2.34. The Labute approximate surface area is 123 Å². The largest absolute Gasteiger partial charge is 0.333 e. The number of nitrogens with zero attached hydrogens (tertiary/aromatic N) is 3. The Balaban J connectivity index is 2.01. The lowest BCUT2D eigenvalue weighted by molar-refractivity contribution is -0.387. The fourth-order valence-corrected chi connectivity index (χ4v) is 2.79. The minimum atomic E-state index is -0.494. The van der Waals surface area contributed by atoms with E-state index in [0.29, 0.717) is 10.1 Å². The van der Waals surface area contributed by atoms with Crippen molar-refractivity contribution in [2.75, 3.05) is 0 Å². The second-order valence-electron chi connectivity index (χ2n) is 4.21. The molecule has 0 aliphatic rings. The molecule has 0 aliphatic heterocycles. The Kier molecular flexibility index (Phi) is 3.30. The SMILES string of the molecule is N#Cc1ccc(Sc2nc3ccccc3[nH]2)c([N+](=O)[O-])c1. The summed E-state index contributed by atoms with van der Waals surface area (Å²) in [5.41, 5.74) is 1.84. The van der Waals surface area contributed by atoms with Crippen LogP contribution in [0, 0.1) is 21.4 Å². The van der Waals surface area contributed by atoms with Crippen LogP contribution in [0.15, 0.2) is 52.5 Å². The van der Waals surface area contributed by atoms with Gasteiger partial charge in [0.05, 0.1) is 32.5 Å². The van der Waals surface area contributed by atoms with E-state index < -0.39 is 4.92 Å². The summed E-state index contributed by atoms with van der Waals surface area (Å²) in [7, 11) is 0. The molecule has 6 nitrogen and oxygen atoms in total. The maximum absolute atomic E-state index is 11.1. The molecular formula is C14H8N4O2S. The molecule has 102 valence electrons. The van der Waals surface area contributed by atoms with Crippen LogP contribution in [0.3, 0.4) is 0 Å². The van der Waals surface area contributed by atoms with Crippen molar-refractivity contribution >= 4 is 28.5 Å². The monoisotopic (exact) mass is 296 g/mol. The van der Waals surface area contributed by atoms with Gasteiger partial charge in [-0.05, 0) is 36.0 Å². The first kappa shape index (κ1) is 13.1. The van der Waals surface area contributed by atoms with Crippen molar-refractivity contribution in [3.8, 4) is 6.07 Å². The normalized spacial score (nSPS) is 10.4. The first-order valence-corrected chi connectivity index (χ1v) is 6.80. The van der Waals surface area contributed by atoms with Crippen molar-refractivity contribution in [3.63, 3.8) is 0 Å². The van der Waals surface area contributed by atoms with Gasteiger partial charge in [-0.1, -0.05) is 12.1 Å². The molecule has 0 radical (unpaired) electrons. The Morgan fingerprint density at radius 2 is 2.10 bits per heavy atom. The van der Waals surface area contributed by atoms with Crippen molar-refractivity contribution < 1.29 is 4.92 Å². The van der Waals surface area contributed by atoms with Crippen molar-refractivity contribution in [2.45, 2.75) is 10.1 Å². The fourth-order valence-electron chi connectivity index (χ4n) is 1.90. The van der Waals surface area contributed by atoms with Gasteiger partial charge in [-0.15, -0.1) is 0 Å². The number of nitrogens with one attached hydrogen (secondary N) is 1. The third-order valence-electron chi connectivity index (χ3n) is 2.86. The van der Waals surface area contributed by atoms with Gasteiger partial charge in [-0.2, -0.15) is 5.26 Å². The van der Waals surface area contributed by atoms with E-state index in [-0.39, 0.29) is 11.3 Å². The summed E-state index contributed by atoms with van der Waals surface area (Å²) in [4.78, 5) is 18.5. The molecule has 7 heteroatoms. The number of hydrogen-bond acceptors (Lipinski definition) is 5. The smallest absolute Gasteiger partial charge is 0.284 e. The number of nitro benzene ring substituents is 1. The number of rotatable bonds is 3. The molecule has 0 bridgehead atoms. The van der Waals surface area contributed by atoms with E-state index in [0.717, 1.165) is 11.0 Å². The molecule has 1 heterocycles. The highest BCUT2D eigenvalue weighted by Gasteiger charge is 2.17. The first-order valence-electron chi connectivity index (χ1n) is 5.98. The van der Waals surface area contributed by atoms with Crippen LogP contribution in [0.1, 0.15) is 5.56 Å². The lowest BCUT2D eigenvalue weighted by Gasteiger charge is -2.00. The van der Waals surface area contributed by atoms with E-state index in [2.05, 4.69) is 9.97 Å². The maximum atomic E-state index is 11.1. The van der Waals surface area contributed by atoms with Gasteiger partial charge in [-0.25, -0.2) is 4.98 Å². The summed E-state index contributed by atoms with van der Waals surface area (Å²) in [5, 5.41) is 20.5. The highest BCUT2D eigenvalue weighted by atomic mass is 32.2. The average molecular weight is 296 g/mol. The van der Waals surface area contributed by atoms with E-state index in [1.165, 1.54) is 17.8 Å². The summed E-state index contributed by atoms with van der Waals surface area (Å²) in [6.45, 7) is 0. The molecule has 2 aromatic carbocycles. The average Bonchev–Trinajstić information content (AvgIpc) is 2.89. The number of nitro groups is 1. The summed E-state index contributed by atoms with van der Waals surface area (Å²) in [6, 6.07) is 13.8. The number of hydrogen-bond donors (Lipinski definition) is 1. The Bertz CT molecular complexity index is 849. The van der Waals surface area contributed by atoms with E-state index in [9.17, 15) is 10.1 Å². The summed E-state index contributed by atoms with van der Waals surface area (Å²) >= 11 is 1.17. The van der Waals surface area contributed by atoms with Crippen molar-refractivity contribution in [3.05, 3.63) is 58.1 Å². The van der Waals surface area contributed by atoms with Crippen LogP contribution >= 0.6 is 11.8 Å². The highest BCUT2D eigenvalue weighted by molar-refractivity contribution is 7.99. The molecule has 1 aromatic heterocycles. The second-order valence-corrected chi connectivity index (χ2v) is 5.24. The maximum Gasteiger partial charge on any atom is 0.284 e. The number of benzene rings is 2. The number of aromatic nitrogens is 2. The van der Waals surface area contributed by atoms with E-state index in [4.69, 9.17) is 5.26 Å². The van der Waals surface area contributed by atoms with E-state index in [1.807, 2.05) is 30.3 Å². The number of nitriles is 1. The van der Waals surface area contributed by atoms with Crippen molar-refractivity contribution in [1.29, 1.82) is 5.26 Å². The van der Waals surface area contributed by atoms with Crippen LogP contribution in [0.25, 0.3) is 11.0 Å². The zero-order chi connectivity index (χ0) is 14.8. The van der Waals surface area contributed by atoms with E-state index in [1.54, 1.807) is 12.1 Å². The van der Waals surface area contributed by atoms with Crippen molar-refractivity contribution in [1.82, 2.24) is 9.97 Å². The van der Waals surface area contributed by atoms with Crippen LogP contribution < -0.4 is 0 Å². The molecule has 0 saturated heterocycles. The van der Waals surface area contributed by atoms with Gasteiger partial charge in [-0.3, -0.25) is 10.1 Å². The lowest BCUT2D eigenvalue weighted by atomic mass is 10.2. The number of aromatic amines is 1. The number of H-pyrrole nitrogens is 1. The predicted molar refractivity (Wildman–Crippen MR) is 78.0 cm³/mol. The summed E-state index contributed by atoms with van der Waals surface area (Å²) in [5.74, 6) is 0. The van der Waals surface area contributed by atoms with E-state index >= 15 is 0 Å². The topological polar surface area (TPSA) is 95.6 Å². The molecule has 3 aromatic rings. The minimum absolute atomic E-state index is 0.0977. The van der Waals surface area contributed by atoms with Crippen LogP contribution in [-0.4, -0.2) is 14.9 Å². The Morgan fingerprint density at radius 1 is 1.29 bits per heavy atom. The van der Waals surface area contributed by atoms with Crippen LogP contribution in [0.2, 0.25) is 0 Å². The van der Waals surface area contributed by atoms with Gasteiger partial charge in [0.25, 0.3) is 5.69 Å². The molecule has 1 N–H and O–H groups in total. The van der Waals surface area contributed by atoms with Crippen LogP contribution in [-0.2, 0) is 0 Å². The zero-order valence-electron chi connectivity index (χ0n) is 10.6. The van der Waals surface area contributed by atoms with Gasteiger partial charge in [0.1, 0.15) is 0 Å². The van der Waals surface area contributed by atoms with Crippen LogP contribution in [0.5, 0.6) is 0 Å². The summed E-state index contributed by atoms with van der Waals surface area (Å²) in [6.07, 6.45) is 0. The minimum Gasteiger partial charge on any atom is -0.333 e. The third kappa shape index (κ3) is 2.57. The molecule has 0 unspecified atom stereocenters. The molecule has 0 fully saturated rings. The second kappa shape index (κ2) is 5.26. The van der Waals surface area contributed by atoms with Gasteiger partial charge in [0.15, 0.2) is 5.16 Å². The van der Waals surface area contributed by atoms with Gasteiger partial charge >= 0.3 is 0 Å². The molecule has 0 atom stereocenters. The molecular weight excluding hydrogens is 288 g/mol. The number of para-hydroxylation sites is 2. The molecule has 21 heavy (non-hydrogen) atoms. The molecule has 3 rings (SSSR count). The van der Waals surface area contributed by atoms with Crippen molar-refractivity contribution in [2.24, 2.45) is 0 Å². The molecule has 0 spiro atoms. The standard InChI is InChI=1S/C14H8N4O2S/c15-8-9-5-6-13(12(7-9)18(19)20)21-14-16-10-3-1-2-4-11(10)17-14/h1-7H,(H,16,17).